The van der Waals surface area contributed by atoms with Gasteiger partial charge in [-0.1, -0.05) is 173 Å². The average Bonchev–Trinajstić information content (AvgIpc) is 3.31. The highest BCUT2D eigenvalue weighted by atomic mass is 16.6. The normalized spacial score (nSPS) is 11.5. The van der Waals surface area contributed by atoms with Crippen molar-refractivity contribution in [3.8, 4) is 0 Å². The lowest BCUT2D eigenvalue weighted by molar-refractivity contribution is -0.147. The maximum atomic E-state index is 13.1. The number of hydrogen-bond acceptors (Lipinski definition) is 8. The van der Waals surface area contributed by atoms with Crippen molar-refractivity contribution in [1.82, 2.24) is 10.2 Å². The summed E-state index contributed by atoms with van der Waals surface area (Å²) in [6.45, 7) is 7.65. The lowest BCUT2D eigenvalue weighted by Gasteiger charge is -2.21. The minimum absolute atomic E-state index is 0.00568. The van der Waals surface area contributed by atoms with Gasteiger partial charge >= 0.3 is 18.0 Å². The van der Waals surface area contributed by atoms with Gasteiger partial charge in [0.05, 0.1) is 26.2 Å². The van der Waals surface area contributed by atoms with Crippen LogP contribution in [0.3, 0.4) is 0 Å². The molecule has 0 unspecified atom stereocenters. The molecular weight excluding hydrogens is 815 g/mol. The summed E-state index contributed by atoms with van der Waals surface area (Å²) < 4.78 is 16.4. The zero-order valence-electron chi connectivity index (χ0n) is 41.6. The van der Waals surface area contributed by atoms with Crippen LogP contribution in [-0.4, -0.2) is 81.1 Å². The molecule has 0 bridgehead atoms. The molecule has 0 atom stereocenters. The number of benzene rings is 1. The summed E-state index contributed by atoms with van der Waals surface area (Å²) in [6.07, 6.45) is 44.9. The van der Waals surface area contributed by atoms with Crippen LogP contribution in [0.25, 0.3) is 0 Å². The van der Waals surface area contributed by atoms with E-state index < -0.39 is 18.0 Å². The number of nitrogens with zero attached hydrogens (tertiary/aromatic N) is 2. The molecule has 370 valence electrons. The lowest BCUT2D eigenvalue weighted by Crippen LogP contribution is -2.39. The Kier molecular flexibility index (Phi) is 41.1. The van der Waals surface area contributed by atoms with Gasteiger partial charge in [0.15, 0.2) is 0 Å². The molecule has 0 radical (unpaired) electrons. The van der Waals surface area contributed by atoms with Crippen LogP contribution >= 0.6 is 0 Å². The number of esters is 2. The Morgan fingerprint density at radius 1 is 0.523 bits per heavy atom. The third-order valence-electron chi connectivity index (χ3n) is 11.4. The van der Waals surface area contributed by atoms with E-state index in [1.807, 2.05) is 6.92 Å². The van der Waals surface area contributed by atoms with Crippen molar-refractivity contribution >= 4 is 30.2 Å². The molecule has 0 aliphatic rings. The number of allylic oxidation sites excluding steroid dienone is 4. The van der Waals surface area contributed by atoms with Crippen molar-refractivity contribution < 1.29 is 33.4 Å². The summed E-state index contributed by atoms with van der Waals surface area (Å²) in [5, 5.41) is 2.86. The Bertz CT molecular complexity index is 1390. The fourth-order valence-electron chi connectivity index (χ4n) is 7.31. The number of carbonyl (C=O) groups is 4. The van der Waals surface area contributed by atoms with Gasteiger partial charge in [0.25, 0.3) is 5.91 Å². The van der Waals surface area contributed by atoms with Crippen molar-refractivity contribution in [2.75, 3.05) is 46.0 Å². The molecule has 1 N–H and O–H groups in total. The van der Waals surface area contributed by atoms with E-state index >= 15 is 0 Å². The first-order valence-electron chi connectivity index (χ1n) is 26.3. The highest BCUT2D eigenvalue weighted by molar-refractivity contribution is 5.95. The molecule has 1 rings (SSSR count). The number of hydrogen-bond donors (Lipinski definition) is 1. The molecule has 10 heteroatoms. The van der Waals surface area contributed by atoms with Gasteiger partial charge in [-0.3, -0.25) is 24.3 Å². The van der Waals surface area contributed by atoms with Crippen LogP contribution < -0.4 is 5.32 Å². The van der Waals surface area contributed by atoms with E-state index in [0.29, 0.717) is 25.3 Å². The smallest absolute Gasteiger partial charge is 0.410 e. The second-order valence-corrected chi connectivity index (χ2v) is 17.5. The van der Waals surface area contributed by atoms with Gasteiger partial charge in [-0.15, -0.1) is 0 Å². The van der Waals surface area contributed by atoms with Gasteiger partial charge in [-0.05, 0) is 88.3 Å². The van der Waals surface area contributed by atoms with Crippen LogP contribution in [0.4, 0.5) is 4.79 Å². The van der Waals surface area contributed by atoms with Crippen molar-refractivity contribution in [2.24, 2.45) is 4.99 Å². The first-order chi connectivity index (χ1) is 31.9. The van der Waals surface area contributed by atoms with Gasteiger partial charge in [0.2, 0.25) is 0 Å². The van der Waals surface area contributed by atoms with Crippen LogP contribution in [0.2, 0.25) is 0 Å². The Balaban J connectivity index is 2.39. The van der Waals surface area contributed by atoms with Crippen LogP contribution in [0.1, 0.15) is 229 Å². The molecule has 0 fully saturated rings. The zero-order chi connectivity index (χ0) is 47.1. The monoisotopic (exact) mass is 908 g/mol. The van der Waals surface area contributed by atoms with E-state index in [1.165, 1.54) is 133 Å². The minimum Gasteiger partial charge on any atom is -0.466 e. The number of amides is 2. The number of rotatable bonds is 44. The van der Waals surface area contributed by atoms with Gasteiger partial charge in [0, 0.05) is 24.9 Å². The summed E-state index contributed by atoms with van der Waals surface area (Å²) in [5.74, 6) is -1.06. The van der Waals surface area contributed by atoms with E-state index in [1.54, 1.807) is 30.5 Å². The predicted octanol–water partition coefficient (Wildman–Crippen LogP) is 14.2. The molecule has 0 aliphatic heterocycles. The number of carbonyl (C=O) groups excluding carboxylic acids is 4. The molecule has 0 aromatic heterocycles. The molecule has 1 aromatic rings. The molecule has 65 heavy (non-hydrogen) atoms. The fraction of sp³-hybridized carbons (Fsp3) is 0.727. The molecule has 10 nitrogen and oxygen atoms in total. The number of ether oxygens (including phenoxy) is 3. The number of unbranched alkanes of at least 4 members (excludes halogenated alkanes) is 24. The maximum absolute atomic E-state index is 13.1. The second kappa shape index (κ2) is 45.2. The van der Waals surface area contributed by atoms with Crippen molar-refractivity contribution in [3.05, 3.63) is 59.7 Å². The molecule has 0 saturated carbocycles. The second-order valence-electron chi connectivity index (χ2n) is 17.5. The summed E-state index contributed by atoms with van der Waals surface area (Å²) >= 11 is 0. The predicted molar refractivity (Wildman–Crippen MR) is 270 cm³/mol. The Labute approximate surface area is 396 Å². The van der Waals surface area contributed by atoms with Crippen LogP contribution in [0.15, 0.2) is 53.6 Å². The highest BCUT2D eigenvalue weighted by Gasteiger charge is 2.21. The zero-order valence-corrected chi connectivity index (χ0v) is 41.6. The van der Waals surface area contributed by atoms with E-state index in [2.05, 4.69) is 48.5 Å². The summed E-state index contributed by atoms with van der Waals surface area (Å²) in [4.78, 5) is 56.3. The van der Waals surface area contributed by atoms with E-state index in [9.17, 15) is 19.2 Å². The van der Waals surface area contributed by atoms with Gasteiger partial charge in [0.1, 0.15) is 13.2 Å². The third kappa shape index (κ3) is 37.9. The van der Waals surface area contributed by atoms with Crippen molar-refractivity contribution in [2.45, 2.75) is 213 Å². The Morgan fingerprint density at radius 2 is 0.969 bits per heavy atom. The lowest BCUT2D eigenvalue weighted by atomic mass is 10.1. The van der Waals surface area contributed by atoms with Gasteiger partial charge in [-0.25, -0.2) is 4.79 Å². The SMILES string of the molecule is CCCCCCCCC=CCCCCCCCCOC(=O)CCN(CC(=O)OCCCCCCCCC=CCCCCCCCC)C(=O)OCCN=Cc1ccc(C(=O)NCCC)cc1. The molecule has 1 aromatic carbocycles. The van der Waals surface area contributed by atoms with Crippen molar-refractivity contribution in [3.63, 3.8) is 0 Å². The maximum Gasteiger partial charge on any atom is 0.410 e. The average molecular weight is 908 g/mol. The van der Waals surface area contributed by atoms with Crippen molar-refractivity contribution in [1.29, 1.82) is 0 Å². The molecule has 0 saturated heterocycles. The Morgan fingerprint density at radius 3 is 1.45 bits per heavy atom. The molecular formula is C55H93N3O7. The molecule has 2 amide bonds. The first kappa shape index (κ1) is 59.1. The Hall–Kier alpha value is -3.95. The molecule has 0 spiro atoms. The quantitative estimate of drug-likeness (QED) is 0.0227. The molecule has 0 aliphatic carbocycles. The van der Waals surface area contributed by atoms with Crippen LogP contribution in [-0.2, 0) is 23.8 Å². The first-order valence-corrected chi connectivity index (χ1v) is 26.3. The fourth-order valence-corrected chi connectivity index (χ4v) is 7.31. The van der Waals surface area contributed by atoms with E-state index in [0.717, 1.165) is 63.4 Å². The summed E-state index contributed by atoms with van der Waals surface area (Å²) in [5.41, 5.74) is 1.39. The summed E-state index contributed by atoms with van der Waals surface area (Å²) in [7, 11) is 0. The van der Waals surface area contributed by atoms with E-state index in [4.69, 9.17) is 14.2 Å². The largest absolute Gasteiger partial charge is 0.466 e. The minimum atomic E-state index is -0.710. The standard InChI is InChI=1S/C55H93N3O7/c1-4-7-9-11-13-15-17-19-21-23-25-27-29-31-33-35-45-63-52(59)41-44-58(55(62)65-47-43-56-48-50-37-39-51(40-38-50)54(61)57-42-6-3)49-53(60)64-46-36-34-32-30-28-26-24-22-20-18-16-14-12-10-8-5-2/h19-22,37-40,48H,4-18,23-36,41-47,49H2,1-3H3,(H,57,61). The third-order valence-corrected chi connectivity index (χ3v) is 11.4. The van der Waals surface area contributed by atoms with Crippen LogP contribution in [0, 0.1) is 0 Å². The molecule has 0 heterocycles. The number of nitrogens with one attached hydrogen (secondary N) is 1. The highest BCUT2D eigenvalue weighted by Crippen LogP contribution is 2.13. The topological polar surface area (TPSA) is 124 Å². The van der Waals surface area contributed by atoms with Crippen LogP contribution in [0.5, 0.6) is 0 Å². The van der Waals surface area contributed by atoms with E-state index in [-0.39, 0.29) is 38.6 Å². The van der Waals surface area contributed by atoms with Gasteiger partial charge < -0.3 is 19.5 Å². The van der Waals surface area contributed by atoms with Gasteiger partial charge in [-0.2, -0.15) is 0 Å². The summed E-state index contributed by atoms with van der Waals surface area (Å²) in [6, 6.07) is 7.09. The number of aliphatic imine (C=N–C) groups is 1.